The van der Waals surface area contributed by atoms with Crippen molar-refractivity contribution in [2.24, 2.45) is 0 Å². The summed E-state index contributed by atoms with van der Waals surface area (Å²) >= 11 is 0. The van der Waals surface area contributed by atoms with Crippen LogP contribution in [0.1, 0.15) is 5.56 Å². The van der Waals surface area contributed by atoms with Gasteiger partial charge in [0.05, 0.1) is 5.56 Å². The van der Waals surface area contributed by atoms with Crippen molar-refractivity contribution in [3.8, 4) is 5.75 Å². The Balaban J connectivity index is 1.94. The molecule has 2 aromatic carbocycles. The van der Waals surface area contributed by atoms with Crippen molar-refractivity contribution >= 4 is 11.6 Å². The highest BCUT2D eigenvalue weighted by Crippen LogP contribution is 2.30. The Morgan fingerprint density at radius 1 is 1.00 bits per heavy atom. The molecule has 0 radical (unpaired) electrons. The van der Waals surface area contributed by atoms with Crippen LogP contribution in [0.2, 0.25) is 0 Å². The molecule has 0 spiro atoms. The van der Waals surface area contributed by atoms with Crippen LogP contribution in [-0.2, 0) is 11.0 Å². The van der Waals surface area contributed by atoms with Gasteiger partial charge in [0.15, 0.2) is 6.61 Å². The molecule has 23 heavy (non-hydrogen) atoms. The van der Waals surface area contributed by atoms with Gasteiger partial charge < -0.3 is 10.1 Å². The molecule has 2 rings (SSSR count). The van der Waals surface area contributed by atoms with Gasteiger partial charge in [-0.3, -0.25) is 4.79 Å². The van der Waals surface area contributed by atoms with Crippen molar-refractivity contribution < 1.29 is 31.5 Å². The quantitative estimate of drug-likeness (QED) is 0.860. The maximum absolute atomic E-state index is 13.3. The van der Waals surface area contributed by atoms with E-state index < -0.39 is 41.6 Å². The lowest BCUT2D eigenvalue weighted by molar-refractivity contribution is -0.137. The van der Waals surface area contributed by atoms with Gasteiger partial charge in [0.25, 0.3) is 5.91 Å². The van der Waals surface area contributed by atoms with Crippen LogP contribution in [0.5, 0.6) is 5.75 Å². The number of para-hydroxylation sites is 1. The SMILES string of the molecule is O=C(COc1ccc(C(F)(F)F)cc1)Nc1c(F)cccc1F. The second-order valence-electron chi connectivity index (χ2n) is 4.46. The molecule has 3 nitrogen and oxygen atoms in total. The second-order valence-corrected chi connectivity index (χ2v) is 4.46. The summed E-state index contributed by atoms with van der Waals surface area (Å²) in [5, 5.41) is 1.99. The van der Waals surface area contributed by atoms with Crippen molar-refractivity contribution in [2.75, 3.05) is 11.9 Å². The molecule has 0 heterocycles. The minimum Gasteiger partial charge on any atom is -0.484 e. The monoisotopic (exact) mass is 331 g/mol. The minimum atomic E-state index is -4.47. The molecule has 0 aromatic heterocycles. The van der Waals surface area contributed by atoms with Crippen LogP contribution in [-0.4, -0.2) is 12.5 Å². The van der Waals surface area contributed by atoms with Gasteiger partial charge in [-0.1, -0.05) is 6.07 Å². The Kier molecular flexibility index (Phi) is 4.83. The zero-order chi connectivity index (χ0) is 17.0. The van der Waals surface area contributed by atoms with E-state index in [4.69, 9.17) is 4.74 Å². The molecular weight excluding hydrogens is 321 g/mol. The number of benzene rings is 2. The standard InChI is InChI=1S/C15H10F5NO2/c16-11-2-1-3-12(17)14(11)21-13(22)8-23-10-6-4-9(5-7-10)15(18,19)20/h1-7H,8H2,(H,21,22). The van der Waals surface area contributed by atoms with Gasteiger partial charge in [-0.15, -0.1) is 0 Å². The third-order valence-corrected chi connectivity index (χ3v) is 2.78. The second kappa shape index (κ2) is 6.64. The molecular formula is C15H10F5NO2. The molecule has 0 saturated heterocycles. The number of carbonyl (C=O) groups excluding carboxylic acids is 1. The van der Waals surface area contributed by atoms with Crippen molar-refractivity contribution in [1.82, 2.24) is 0 Å². The van der Waals surface area contributed by atoms with E-state index in [2.05, 4.69) is 0 Å². The van der Waals surface area contributed by atoms with Gasteiger partial charge in [0, 0.05) is 0 Å². The highest BCUT2D eigenvalue weighted by molar-refractivity contribution is 5.92. The van der Waals surface area contributed by atoms with Crippen LogP contribution in [0, 0.1) is 11.6 Å². The van der Waals surface area contributed by atoms with E-state index in [0.717, 1.165) is 42.5 Å². The topological polar surface area (TPSA) is 38.3 Å². The molecule has 0 aliphatic rings. The third kappa shape index (κ3) is 4.41. The summed E-state index contributed by atoms with van der Waals surface area (Å²) in [4.78, 5) is 11.6. The molecule has 2 aromatic rings. The number of anilines is 1. The van der Waals surface area contributed by atoms with E-state index in [1.165, 1.54) is 0 Å². The molecule has 0 bridgehead atoms. The third-order valence-electron chi connectivity index (χ3n) is 2.78. The van der Waals surface area contributed by atoms with E-state index >= 15 is 0 Å². The first-order valence-corrected chi connectivity index (χ1v) is 6.31. The van der Waals surface area contributed by atoms with E-state index in [1.807, 2.05) is 5.32 Å². The summed E-state index contributed by atoms with van der Waals surface area (Å²) in [6, 6.07) is 6.75. The van der Waals surface area contributed by atoms with Crippen LogP contribution < -0.4 is 10.1 Å². The number of hydrogen-bond acceptors (Lipinski definition) is 2. The van der Waals surface area contributed by atoms with Crippen LogP contribution in [0.25, 0.3) is 0 Å². The zero-order valence-electron chi connectivity index (χ0n) is 11.5. The Hall–Kier alpha value is -2.64. The average Bonchev–Trinajstić information content (AvgIpc) is 2.48. The van der Waals surface area contributed by atoms with Crippen molar-refractivity contribution in [3.05, 3.63) is 59.7 Å². The largest absolute Gasteiger partial charge is 0.484 e. The Bertz CT molecular complexity index is 678. The lowest BCUT2D eigenvalue weighted by Gasteiger charge is -2.10. The number of ether oxygens (including phenoxy) is 1. The van der Waals surface area contributed by atoms with Crippen molar-refractivity contribution in [3.63, 3.8) is 0 Å². The maximum atomic E-state index is 13.3. The Morgan fingerprint density at radius 3 is 2.09 bits per heavy atom. The molecule has 1 N–H and O–H groups in total. The predicted octanol–water partition coefficient (Wildman–Crippen LogP) is 4.00. The van der Waals surface area contributed by atoms with Gasteiger partial charge in [-0.25, -0.2) is 8.78 Å². The molecule has 0 fully saturated rings. The van der Waals surface area contributed by atoms with Crippen LogP contribution in [0.3, 0.4) is 0 Å². The highest BCUT2D eigenvalue weighted by atomic mass is 19.4. The number of hydrogen-bond donors (Lipinski definition) is 1. The van der Waals surface area contributed by atoms with Crippen LogP contribution in [0.4, 0.5) is 27.6 Å². The van der Waals surface area contributed by atoms with Crippen LogP contribution in [0.15, 0.2) is 42.5 Å². The lowest BCUT2D eigenvalue weighted by Crippen LogP contribution is -2.21. The number of nitrogens with one attached hydrogen (secondary N) is 1. The normalized spacial score (nSPS) is 11.2. The minimum absolute atomic E-state index is 0.0159. The van der Waals surface area contributed by atoms with E-state index in [-0.39, 0.29) is 5.75 Å². The van der Waals surface area contributed by atoms with Crippen LogP contribution >= 0.6 is 0 Å². The molecule has 0 saturated carbocycles. The summed E-state index contributed by atoms with van der Waals surface area (Å²) in [6.07, 6.45) is -4.47. The highest BCUT2D eigenvalue weighted by Gasteiger charge is 2.30. The van der Waals surface area contributed by atoms with Gasteiger partial charge in [0.2, 0.25) is 0 Å². The maximum Gasteiger partial charge on any atom is 0.416 e. The molecule has 1 amide bonds. The van der Waals surface area contributed by atoms with Gasteiger partial charge in [0.1, 0.15) is 23.1 Å². The molecule has 0 aliphatic heterocycles. The number of alkyl halides is 3. The molecule has 0 unspecified atom stereocenters. The first-order valence-electron chi connectivity index (χ1n) is 6.31. The average molecular weight is 331 g/mol. The van der Waals surface area contributed by atoms with Crippen molar-refractivity contribution in [1.29, 1.82) is 0 Å². The fourth-order valence-electron chi connectivity index (χ4n) is 1.68. The Labute approximate surface area is 127 Å². The summed E-state index contributed by atoms with van der Waals surface area (Å²) in [6.45, 7) is -0.612. The fraction of sp³-hybridized carbons (Fsp3) is 0.133. The molecule has 122 valence electrons. The fourth-order valence-corrected chi connectivity index (χ4v) is 1.68. The van der Waals surface area contributed by atoms with Gasteiger partial charge in [-0.05, 0) is 36.4 Å². The first kappa shape index (κ1) is 16.7. The van der Waals surface area contributed by atoms with E-state index in [1.54, 1.807) is 0 Å². The number of amides is 1. The van der Waals surface area contributed by atoms with E-state index in [0.29, 0.717) is 0 Å². The van der Waals surface area contributed by atoms with Gasteiger partial charge >= 0.3 is 6.18 Å². The predicted molar refractivity (Wildman–Crippen MR) is 71.9 cm³/mol. The summed E-state index contributed by atoms with van der Waals surface area (Å²) < 4.78 is 68.7. The zero-order valence-corrected chi connectivity index (χ0v) is 11.5. The molecule has 0 aliphatic carbocycles. The number of halogens is 5. The summed E-state index contributed by atoms with van der Waals surface area (Å²) in [7, 11) is 0. The molecule has 0 atom stereocenters. The van der Waals surface area contributed by atoms with E-state index in [9.17, 15) is 26.7 Å². The number of carbonyl (C=O) groups is 1. The van der Waals surface area contributed by atoms with Crippen molar-refractivity contribution in [2.45, 2.75) is 6.18 Å². The smallest absolute Gasteiger partial charge is 0.416 e. The number of rotatable bonds is 4. The first-order chi connectivity index (χ1) is 10.8. The van der Waals surface area contributed by atoms with Gasteiger partial charge in [-0.2, -0.15) is 13.2 Å². The molecule has 8 heteroatoms. The Morgan fingerprint density at radius 2 is 1.57 bits per heavy atom. The lowest BCUT2D eigenvalue weighted by atomic mass is 10.2. The summed E-state index contributed by atoms with van der Waals surface area (Å²) in [5.74, 6) is -2.74. The summed E-state index contributed by atoms with van der Waals surface area (Å²) in [5.41, 5.74) is -1.48.